The van der Waals surface area contributed by atoms with Crippen molar-refractivity contribution in [1.29, 1.82) is 0 Å². The van der Waals surface area contributed by atoms with Gasteiger partial charge in [0.1, 0.15) is 17.0 Å². The van der Waals surface area contributed by atoms with Gasteiger partial charge in [0, 0.05) is 19.3 Å². The minimum atomic E-state index is -0.659. The van der Waals surface area contributed by atoms with Crippen LogP contribution in [0.2, 0.25) is 0 Å². The fourth-order valence-electron chi connectivity index (χ4n) is 3.57. The van der Waals surface area contributed by atoms with Crippen molar-refractivity contribution in [2.75, 3.05) is 7.11 Å². The predicted molar refractivity (Wildman–Crippen MR) is 97.3 cm³/mol. The van der Waals surface area contributed by atoms with Crippen molar-refractivity contribution in [2.24, 2.45) is 5.73 Å². The molecule has 0 saturated heterocycles. The third kappa shape index (κ3) is 3.04. The number of ether oxygens (including phenoxy) is 1. The van der Waals surface area contributed by atoms with Gasteiger partial charge in [-0.2, -0.15) is 5.10 Å². The number of primary amides is 1. The normalized spacial score (nSPS) is 13.7. The maximum absolute atomic E-state index is 12.9. The summed E-state index contributed by atoms with van der Waals surface area (Å²) in [6, 6.07) is 9.75. The van der Waals surface area contributed by atoms with Crippen LogP contribution in [-0.2, 0) is 24.2 Å². The number of rotatable bonds is 5. The third-order valence-electron chi connectivity index (χ3n) is 4.74. The number of fused-ring (bicyclic) bond motifs is 2. The number of aromatic nitrogens is 3. The second-order valence-electron chi connectivity index (χ2n) is 6.53. The Morgan fingerprint density at radius 2 is 1.96 bits per heavy atom. The van der Waals surface area contributed by atoms with Crippen molar-refractivity contribution in [3.8, 4) is 0 Å². The van der Waals surface area contributed by atoms with E-state index in [1.807, 2.05) is 12.1 Å². The first-order valence-electron chi connectivity index (χ1n) is 8.61. The molecule has 27 heavy (non-hydrogen) atoms. The number of methoxy groups -OCH3 is 1. The Balaban J connectivity index is 1.65. The molecule has 2 heterocycles. The fraction of sp³-hybridized carbons (Fsp3) is 0.263. The molecule has 0 fully saturated rings. The van der Waals surface area contributed by atoms with Crippen LogP contribution in [0.15, 0.2) is 36.5 Å². The van der Waals surface area contributed by atoms with E-state index in [1.54, 1.807) is 6.07 Å². The number of benzene rings is 1. The Labute approximate surface area is 155 Å². The van der Waals surface area contributed by atoms with E-state index in [9.17, 15) is 9.59 Å². The Kier molecular flexibility index (Phi) is 4.33. The number of amides is 2. The number of nitrogens with zero attached hydrogens (tertiary/aromatic N) is 3. The molecule has 8 heteroatoms. The van der Waals surface area contributed by atoms with Crippen LogP contribution in [0.5, 0.6) is 0 Å². The molecule has 3 N–H and O–H groups in total. The molecule has 0 saturated carbocycles. The van der Waals surface area contributed by atoms with Crippen molar-refractivity contribution in [1.82, 2.24) is 19.9 Å². The second-order valence-corrected chi connectivity index (χ2v) is 6.53. The molecular weight excluding hydrogens is 346 g/mol. The van der Waals surface area contributed by atoms with Gasteiger partial charge in [0.15, 0.2) is 5.65 Å². The molecule has 3 aromatic rings. The maximum atomic E-state index is 12.9. The highest BCUT2D eigenvalue weighted by Crippen LogP contribution is 2.22. The zero-order valence-corrected chi connectivity index (χ0v) is 14.8. The summed E-state index contributed by atoms with van der Waals surface area (Å²) in [6.45, 7) is 0.0978. The summed E-state index contributed by atoms with van der Waals surface area (Å²) in [5.41, 5.74) is 9.03. The summed E-state index contributed by atoms with van der Waals surface area (Å²) < 4.78 is 6.43. The first kappa shape index (κ1) is 17.2. The standard InChI is InChI=1S/C19H19N5O3/c1-27-10-14-16(17(20)25)18-21-7-6-15(24(18)23-14)19(26)22-13-8-11-4-2-3-5-12(11)9-13/h2-7,13H,8-10H2,1H3,(H2,20,25)(H,22,26). The molecule has 0 spiro atoms. The molecule has 0 radical (unpaired) electrons. The second kappa shape index (κ2) is 6.81. The van der Waals surface area contributed by atoms with E-state index >= 15 is 0 Å². The SMILES string of the molecule is COCc1nn2c(C(=O)NC3Cc4ccccc4C3)ccnc2c1C(N)=O. The highest BCUT2D eigenvalue weighted by molar-refractivity contribution is 6.01. The van der Waals surface area contributed by atoms with Crippen LogP contribution in [0.3, 0.4) is 0 Å². The molecule has 138 valence electrons. The van der Waals surface area contributed by atoms with Gasteiger partial charge < -0.3 is 15.8 Å². The van der Waals surface area contributed by atoms with Gasteiger partial charge in [-0.25, -0.2) is 9.50 Å². The van der Waals surface area contributed by atoms with Crippen LogP contribution in [0, 0.1) is 0 Å². The van der Waals surface area contributed by atoms with Gasteiger partial charge in [-0.1, -0.05) is 24.3 Å². The van der Waals surface area contributed by atoms with E-state index in [1.165, 1.54) is 28.9 Å². The van der Waals surface area contributed by atoms with Gasteiger partial charge in [-0.15, -0.1) is 0 Å². The summed E-state index contributed by atoms with van der Waals surface area (Å²) in [5.74, 6) is -0.934. The van der Waals surface area contributed by atoms with Crippen molar-refractivity contribution in [2.45, 2.75) is 25.5 Å². The summed E-state index contributed by atoms with van der Waals surface area (Å²) in [6.07, 6.45) is 3.05. The largest absolute Gasteiger partial charge is 0.378 e. The maximum Gasteiger partial charge on any atom is 0.270 e. The lowest BCUT2D eigenvalue weighted by Gasteiger charge is -2.12. The Hall–Kier alpha value is -3.26. The Morgan fingerprint density at radius 1 is 1.26 bits per heavy atom. The minimum Gasteiger partial charge on any atom is -0.378 e. The van der Waals surface area contributed by atoms with Crippen LogP contribution in [0.1, 0.15) is 37.7 Å². The number of nitrogens with one attached hydrogen (secondary N) is 1. The monoisotopic (exact) mass is 365 g/mol. The smallest absolute Gasteiger partial charge is 0.270 e. The molecule has 2 amide bonds. The topological polar surface area (TPSA) is 112 Å². The van der Waals surface area contributed by atoms with Crippen molar-refractivity contribution < 1.29 is 14.3 Å². The molecule has 1 aliphatic rings. The van der Waals surface area contributed by atoms with Gasteiger partial charge in [0.25, 0.3) is 11.8 Å². The van der Waals surface area contributed by atoms with Gasteiger partial charge in [0.05, 0.1) is 6.61 Å². The first-order valence-corrected chi connectivity index (χ1v) is 8.61. The van der Waals surface area contributed by atoms with Crippen molar-refractivity contribution >= 4 is 17.5 Å². The van der Waals surface area contributed by atoms with E-state index in [4.69, 9.17) is 10.5 Å². The third-order valence-corrected chi connectivity index (χ3v) is 4.74. The van der Waals surface area contributed by atoms with Gasteiger partial charge in [-0.3, -0.25) is 9.59 Å². The molecule has 4 rings (SSSR count). The predicted octanol–water partition coefficient (Wildman–Crippen LogP) is 0.872. The molecule has 0 aliphatic heterocycles. The molecule has 1 aromatic carbocycles. The van der Waals surface area contributed by atoms with Crippen molar-refractivity contribution in [3.63, 3.8) is 0 Å². The number of hydrogen-bond acceptors (Lipinski definition) is 5. The van der Waals surface area contributed by atoms with E-state index < -0.39 is 5.91 Å². The summed E-state index contributed by atoms with van der Waals surface area (Å²) >= 11 is 0. The van der Waals surface area contributed by atoms with E-state index in [0.29, 0.717) is 11.4 Å². The quantitative estimate of drug-likeness (QED) is 0.697. The van der Waals surface area contributed by atoms with Crippen LogP contribution < -0.4 is 11.1 Å². The van der Waals surface area contributed by atoms with E-state index in [-0.39, 0.29) is 29.8 Å². The molecule has 0 unspecified atom stereocenters. The lowest BCUT2D eigenvalue weighted by molar-refractivity contribution is 0.0929. The first-order chi connectivity index (χ1) is 13.1. The molecule has 8 nitrogen and oxygen atoms in total. The summed E-state index contributed by atoms with van der Waals surface area (Å²) in [7, 11) is 1.49. The van der Waals surface area contributed by atoms with Crippen LogP contribution in [0.4, 0.5) is 0 Å². The molecular formula is C19H19N5O3. The fourth-order valence-corrected chi connectivity index (χ4v) is 3.57. The average Bonchev–Trinajstić information content (AvgIpc) is 3.21. The van der Waals surface area contributed by atoms with Crippen LogP contribution in [0.25, 0.3) is 5.65 Å². The highest BCUT2D eigenvalue weighted by atomic mass is 16.5. The molecule has 0 bridgehead atoms. The lowest BCUT2D eigenvalue weighted by Crippen LogP contribution is -2.36. The van der Waals surface area contributed by atoms with Crippen molar-refractivity contribution in [3.05, 3.63) is 64.6 Å². The Bertz CT molecular complexity index is 1020. The number of carbonyl (C=O) groups excluding carboxylic acids is 2. The van der Waals surface area contributed by atoms with E-state index in [2.05, 4.69) is 27.5 Å². The van der Waals surface area contributed by atoms with Crippen LogP contribution in [-0.4, -0.2) is 39.6 Å². The number of hydrogen-bond donors (Lipinski definition) is 2. The zero-order chi connectivity index (χ0) is 19.0. The minimum absolute atomic E-state index is 0.0164. The van der Waals surface area contributed by atoms with Gasteiger partial charge in [-0.05, 0) is 30.0 Å². The van der Waals surface area contributed by atoms with Crippen LogP contribution >= 0.6 is 0 Å². The number of carbonyl (C=O) groups is 2. The summed E-state index contributed by atoms with van der Waals surface area (Å²) in [5, 5.41) is 7.38. The number of nitrogens with two attached hydrogens (primary N) is 1. The van der Waals surface area contributed by atoms with Gasteiger partial charge >= 0.3 is 0 Å². The Morgan fingerprint density at radius 3 is 2.59 bits per heavy atom. The summed E-state index contributed by atoms with van der Waals surface area (Å²) in [4.78, 5) is 28.9. The zero-order valence-electron chi connectivity index (χ0n) is 14.8. The molecule has 1 aliphatic carbocycles. The van der Waals surface area contributed by atoms with Gasteiger partial charge in [0.2, 0.25) is 0 Å². The average molecular weight is 365 g/mol. The molecule has 2 aromatic heterocycles. The highest BCUT2D eigenvalue weighted by Gasteiger charge is 2.26. The van der Waals surface area contributed by atoms with E-state index in [0.717, 1.165) is 12.8 Å². The lowest BCUT2D eigenvalue weighted by atomic mass is 10.1. The molecule has 0 atom stereocenters.